The van der Waals surface area contributed by atoms with E-state index in [1.807, 2.05) is 11.3 Å². The highest BCUT2D eigenvalue weighted by Gasteiger charge is 2.36. The molecular weight excluding hydrogens is 677 g/mol. The van der Waals surface area contributed by atoms with Crippen molar-refractivity contribution in [3.05, 3.63) is 181 Å². The fourth-order valence-corrected chi connectivity index (χ4v) is 9.84. The van der Waals surface area contributed by atoms with Crippen molar-refractivity contribution < 1.29 is 0 Å². The Morgan fingerprint density at radius 3 is 1.96 bits per heavy atom. The van der Waals surface area contributed by atoms with Crippen LogP contribution in [0.2, 0.25) is 0 Å². The second kappa shape index (κ2) is 11.7. The van der Waals surface area contributed by atoms with Crippen LogP contribution in [0.25, 0.3) is 54.8 Å². The number of para-hydroxylation sites is 4. The molecule has 0 unspecified atom stereocenters. The summed E-state index contributed by atoms with van der Waals surface area (Å²) in [6, 6.07) is 60.9. The third-order valence-corrected chi connectivity index (χ3v) is 12.3. The molecule has 0 saturated heterocycles. The molecule has 4 nitrogen and oxygen atoms in total. The first-order chi connectivity index (χ1) is 26.5. The van der Waals surface area contributed by atoms with Crippen LogP contribution in [0.15, 0.2) is 170 Å². The Kier molecular flexibility index (Phi) is 6.73. The SMILES string of the molecule is CC1(C)c2ccccc2-c2cc(-c3nc(-c4ccc(N5c6ccccc6N(c6ccccc6)c6sc7ccccc7c65)cc4)nc4ccccc34)ccc21. The van der Waals surface area contributed by atoms with Gasteiger partial charge in [0, 0.05) is 43.4 Å². The van der Waals surface area contributed by atoms with Crippen molar-refractivity contribution >= 4 is 65.8 Å². The monoisotopic (exact) mass is 710 g/mol. The quantitative estimate of drug-likeness (QED) is 0.182. The lowest BCUT2D eigenvalue weighted by molar-refractivity contribution is 0.660. The van der Waals surface area contributed by atoms with E-state index in [1.54, 1.807) is 0 Å². The lowest BCUT2D eigenvalue weighted by Crippen LogP contribution is -2.22. The Morgan fingerprint density at radius 1 is 0.500 bits per heavy atom. The number of aromatic nitrogens is 2. The van der Waals surface area contributed by atoms with Gasteiger partial charge >= 0.3 is 0 Å². The maximum Gasteiger partial charge on any atom is 0.160 e. The zero-order valence-electron chi connectivity index (χ0n) is 29.9. The minimum absolute atomic E-state index is 0.0458. The number of benzene rings is 7. The predicted octanol–water partition coefficient (Wildman–Crippen LogP) is 13.7. The smallest absolute Gasteiger partial charge is 0.160 e. The molecule has 0 bridgehead atoms. The number of rotatable bonds is 4. The molecule has 256 valence electrons. The molecule has 0 radical (unpaired) electrons. The third-order valence-electron chi connectivity index (χ3n) is 11.2. The van der Waals surface area contributed by atoms with E-state index in [4.69, 9.17) is 9.97 Å². The molecule has 54 heavy (non-hydrogen) atoms. The topological polar surface area (TPSA) is 32.3 Å². The van der Waals surface area contributed by atoms with Gasteiger partial charge in [-0.05, 0) is 89.0 Å². The normalized spacial score (nSPS) is 13.8. The summed E-state index contributed by atoms with van der Waals surface area (Å²) < 4.78 is 1.26. The maximum absolute atomic E-state index is 5.32. The summed E-state index contributed by atoms with van der Waals surface area (Å²) in [7, 11) is 0. The van der Waals surface area contributed by atoms with Crippen molar-refractivity contribution in [1.82, 2.24) is 9.97 Å². The summed E-state index contributed by atoms with van der Waals surface area (Å²) >= 11 is 1.83. The van der Waals surface area contributed by atoms with Crippen LogP contribution in [0.3, 0.4) is 0 Å². The van der Waals surface area contributed by atoms with Gasteiger partial charge in [-0.15, -0.1) is 11.3 Å². The highest BCUT2D eigenvalue weighted by Crippen LogP contribution is 2.59. The fraction of sp³-hybridized carbons (Fsp3) is 0.0612. The van der Waals surface area contributed by atoms with Gasteiger partial charge in [0.25, 0.3) is 0 Å². The van der Waals surface area contributed by atoms with Crippen LogP contribution in [0.1, 0.15) is 25.0 Å². The number of nitrogens with zero attached hydrogens (tertiary/aromatic N) is 4. The first-order valence-corrected chi connectivity index (χ1v) is 19.2. The van der Waals surface area contributed by atoms with Crippen molar-refractivity contribution in [1.29, 1.82) is 0 Å². The Morgan fingerprint density at radius 2 is 1.13 bits per heavy atom. The standard InChI is InChI=1S/C49H34N4S/c1-49(2)39-19-9-6-16-35(39)38-30-32(26-29-40(38)49)45-36-17-7-10-20-41(36)50-47(51-45)31-24-27-34(28-25-31)52-42-21-11-12-22-43(42)53(33-14-4-3-5-15-33)48-46(52)37-18-8-13-23-44(37)54-48/h3-30H,1-2H3. The van der Waals surface area contributed by atoms with Crippen molar-refractivity contribution in [2.45, 2.75) is 19.3 Å². The molecule has 1 aliphatic carbocycles. The molecule has 2 aliphatic rings. The Labute approximate surface area is 318 Å². The van der Waals surface area contributed by atoms with Gasteiger partial charge in [-0.1, -0.05) is 117 Å². The summed E-state index contributed by atoms with van der Waals surface area (Å²) in [4.78, 5) is 15.3. The van der Waals surface area contributed by atoms with Crippen molar-refractivity contribution in [3.8, 4) is 33.8 Å². The molecule has 0 N–H and O–H groups in total. The lowest BCUT2D eigenvalue weighted by Gasteiger charge is -2.38. The molecule has 11 rings (SSSR count). The highest BCUT2D eigenvalue weighted by molar-refractivity contribution is 7.24. The van der Waals surface area contributed by atoms with E-state index < -0.39 is 0 Å². The first kappa shape index (κ1) is 31.0. The molecule has 1 aliphatic heterocycles. The van der Waals surface area contributed by atoms with Crippen LogP contribution in [-0.4, -0.2) is 9.97 Å². The van der Waals surface area contributed by atoms with Gasteiger partial charge < -0.3 is 4.90 Å². The molecule has 9 aromatic rings. The summed E-state index contributed by atoms with van der Waals surface area (Å²) in [6.45, 7) is 4.64. The van der Waals surface area contributed by atoms with Gasteiger partial charge in [0.05, 0.1) is 28.3 Å². The number of anilines is 6. The van der Waals surface area contributed by atoms with Crippen LogP contribution < -0.4 is 9.80 Å². The minimum atomic E-state index is -0.0458. The largest absolute Gasteiger partial charge is 0.305 e. The maximum atomic E-state index is 5.32. The predicted molar refractivity (Wildman–Crippen MR) is 226 cm³/mol. The summed E-state index contributed by atoms with van der Waals surface area (Å²) in [5.41, 5.74) is 14.9. The molecule has 7 aromatic carbocycles. The molecule has 5 heteroatoms. The average Bonchev–Trinajstić information content (AvgIpc) is 3.71. The van der Waals surface area contributed by atoms with Gasteiger partial charge in [-0.25, -0.2) is 9.97 Å². The van der Waals surface area contributed by atoms with Crippen LogP contribution in [0, 0.1) is 0 Å². The summed E-state index contributed by atoms with van der Waals surface area (Å²) in [6.07, 6.45) is 0. The lowest BCUT2D eigenvalue weighted by atomic mass is 9.82. The zero-order chi connectivity index (χ0) is 36.0. The van der Waals surface area contributed by atoms with E-state index in [2.05, 4.69) is 194 Å². The van der Waals surface area contributed by atoms with Crippen molar-refractivity contribution in [2.24, 2.45) is 0 Å². The Bertz CT molecular complexity index is 2930. The number of fused-ring (bicyclic) bond motifs is 8. The molecule has 0 fully saturated rings. The van der Waals surface area contributed by atoms with E-state index in [1.165, 1.54) is 43.0 Å². The number of hydrogen-bond acceptors (Lipinski definition) is 5. The fourth-order valence-electron chi connectivity index (χ4n) is 8.61. The van der Waals surface area contributed by atoms with E-state index in [-0.39, 0.29) is 5.41 Å². The van der Waals surface area contributed by atoms with Crippen molar-refractivity contribution in [2.75, 3.05) is 9.80 Å². The van der Waals surface area contributed by atoms with Crippen LogP contribution in [0.5, 0.6) is 0 Å². The Balaban J connectivity index is 1.04. The minimum Gasteiger partial charge on any atom is -0.305 e. The third kappa shape index (κ3) is 4.55. The Hall–Kier alpha value is -6.56. The van der Waals surface area contributed by atoms with Gasteiger partial charge in [0.15, 0.2) is 5.82 Å². The van der Waals surface area contributed by atoms with Gasteiger partial charge in [0.2, 0.25) is 0 Å². The molecule has 0 amide bonds. The molecule has 0 atom stereocenters. The number of hydrogen-bond donors (Lipinski definition) is 0. The highest BCUT2D eigenvalue weighted by atomic mass is 32.1. The summed E-state index contributed by atoms with van der Waals surface area (Å²) in [5, 5.41) is 3.49. The second-order valence-electron chi connectivity index (χ2n) is 14.6. The molecule has 2 aromatic heterocycles. The van der Waals surface area contributed by atoms with E-state index in [0.29, 0.717) is 5.82 Å². The molecular formula is C49H34N4S. The molecule has 0 saturated carbocycles. The van der Waals surface area contributed by atoms with E-state index in [9.17, 15) is 0 Å². The van der Waals surface area contributed by atoms with Gasteiger partial charge in [-0.2, -0.15) is 0 Å². The van der Waals surface area contributed by atoms with Crippen LogP contribution in [-0.2, 0) is 5.41 Å². The van der Waals surface area contributed by atoms with E-state index >= 15 is 0 Å². The van der Waals surface area contributed by atoms with Crippen LogP contribution >= 0.6 is 11.3 Å². The number of thiophene rings is 1. The van der Waals surface area contributed by atoms with Crippen molar-refractivity contribution in [3.63, 3.8) is 0 Å². The summed E-state index contributed by atoms with van der Waals surface area (Å²) in [5.74, 6) is 0.715. The van der Waals surface area contributed by atoms with Crippen LogP contribution in [0.4, 0.5) is 33.4 Å². The van der Waals surface area contributed by atoms with E-state index in [0.717, 1.165) is 50.5 Å². The second-order valence-corrected chi connectivity index (χ2v) is 15.7. The average molecular weight is 711 g/mol. The van der Waals surface area contributed by atoms with Gasteiger partial charge in [-0.3, -0.25) is 4.90 Å². The first-order valence-electron chi connectivity index (χ1n) is 18.4. The zero-order valence-corrected chi connectivity index (χ0v) is 30.7. The molecule has 0 spiro atoms. The van der Waals surface area contributed by atoms with Gasteiger partial charge in [0.1, 0.15) is 5.00 Å². The molecule has 3 heterocycles.